The first-order chi connectivity index (χ1) is 9.79. The van der Waals surface area contributed by atoms with Crippen LogP contribution in [0.15, 0.2) is 16.7 Å². The average molecular weight is 276 g/mol. The van der Waals surface area contributed by atoms with Gasteiger partial charge >= 0.3 is 0 Å². The van der Waals surface area contributed by atoms with Gasteiger partial charge in [0, 0.05) is 19.0 Å². The monoisotopic (exact) mass is 276 g/mol. The molecule has 1 saturated heterocycles. The standard InChI is InChI=1S/C16H24N2O2/c1-2-15-14(7-9-20-15)16(19)18(13-5-6-13)11-12-4-3-8-17-10-12/h7,9,12-13,17H,2-6,8,10-11H2,1H3. The molecule has 2 heterocycles. The van der Waals surface area contributed by atoms with Crippen LogP contribution in [-0.4, -0.2) is 36.5 Å². The van der Waals surface area contributed by atoms with Crippen LogP contribution in [0, 0.1) is 5.92 Å². The lowest BCUT2D eigenvalue weighted by Gasteiger charge is -2.30. The van der Waals surface area contributed by atoms with Crippen molar-refractivity contribution in [1.82, 2.24) is 10.2 Å². The molecule has 1 saturated carbocycles. The molecule has 2 fully saturated rings. The van der Waals surface area contributed by atoms with Crippen molar-refractivity contribution >= 4 is 5.91 Å². The van der Waals surface area contributed by atoms with Crippen LogP contribution in [0.25, 0.3) is 0 Å². The molecule has 1 aromatic heterocycles. The molecule has 0 radical (unpaired) electrons. The van der Waals surface area contributed by atoms with Gasteiger partial charge in [-0.3, -0.25) is 4.79 Å². The first kappa shape index (κ1) is 13.7. The van der Waals surface area contributed by atoms with Crippen LogP contribution < -0.4 is 5.32 Å². The van der Waals surface area contributed by atoms with E-state index in [0.717, 1.165) is 50.2 Å². The van der Waals surface area contributed by atoms with Crippen molar-refractivity contribution in [2.75, 3.05) is 19.6 Å². The zero-order valence-electron chi connectivity index (χ0n) is 12.2. The largest absolute Gasteiger partial charge is 0.469 e. The summed E-state index contributed by atoms with van der Waals surface area (Å²) < 4.78 is 5.42. The van der Waals surface area contributed by atoms with Crippen molar-refractivity contribution < 1.29 is 9.21 Å². The molecule has 4 heteroatoms. The number of carbonyl (C=O) groups excluding carboxylic acids is 1. The number of hydrogen-bond donors (Lipinski definition) is 1. The molecule has 1 aromatic rings. The third-order valence-electron chi connectivity index (χ3n) is 4.40. The Balaban J connectivity index is 1.71. The second kappa shape index (κ2) is 6.00. The maximum absolute atomic E-state index is 12.8. The Morgan fingerprint density at radius 1 is 1.45 bits per heavy atom. The molecule has 1 unspecified atom stereocenters. The summed E-state index contributed by atoms with van der Waals surface area (Å²) in [5.41, 5.74) is 0.767. The van der Waals surface area contributed by atoms with Crippen LogP contribution in [0.2, 0.25) is 0 Å². The molecule has 3 rings (SSSR count). The Hall–Kier alpha value is -1.29. The molecule has 20 heavy (non-hydrogen) atoms. The molecule has 1 aliphatic carbocycles. The fourth-order valence-electron chi connectivity index (χ4n) is 3.10. The van der Waals surface area contributed by atoms with Crippen LogP contribution in [-0.2, 0) is 6.42 Å². The van der Waals surface area contributed by atoms with E-state index in [-0.39, 0.29) is 5.91 Å². The van der Waals surface area contributed by atoms with E-state index in [0.29, 0.717) is 12.0 Å². The van der Waals surface area contributed by atoms with Gasteiger partial charge in [-0.15, -0.1) is 0 Å². The molecule has 1 atom stereocenters. The number of aryl methyl sites for hydroxylation is 1. The Kier molecular flexibility index (Phi) is 4.10. The van der Waals surface area contributed by atoms with Crippen LogP contribution in [0.1, 0.15) is 48.7 Å². The van der Waals surface area contributed by atoms with E-state index in [2.05, 4.69) is 10.2 Å². The summed E-state index contributed by atoms with van der Waals surface area (Å²) in [6.45, 7) is 5.09. The number of amides is 1. The lowest BCUT2D eigenvalue weighted by molar-refractivity contribution is 0.0702. The average Bonchev–Trinajstić information content (AvgIpc) is 3.21. The maximum Gasteiger partial charge on any atom is 0.257 e. The van der Waals surface area contributed by atoms with E-state index >= 15 is 0 Å². The highest BCUT2D eigenvalue weighted by Gasteiger charge is 2.35. The van der Waals surface area contributed by atoms with Crippen LogP contribution >= 0.6 is 0 Å². The normalized spacial score (nSPS) is 22.8. The van der Waals surface area contributed by atoms with Gasteiger partial charge in [-0.05, 0) is 50.8 Å². The SMILES string of the molecule is CCc1occc1C(=O)N(CC1CCCNC1)C1CC1. The fraction of sp³-hybridized carbons (Fsp3) is 0.688. The number of nitrogens with zero attached hydrogens (tertiary/aromatic N) is 1. The van der Waals surface area contributed by atoms with Crippen molar-refractivity contribution in [2.24, 2.45) is 5.92 Å². The van der Waals surface area contributed by atoms with E-state index in [9.17, 15) is 4.79 Å². The van der Waals surface area contributed by atoms with E-state index in [1.165, 1.54) is 12.8 Å². The first-order valence-corrected chi connectivity index (χ1v) is 7.87. The highest BCUT2D eigenvalue weighted by Crippen LogP contribution is 2.30. The molecule has 4 nitrogen and oxygen atoms in total. The van der Waals surface area contributed by atoms with E-state index in [1.807, 2.05) is 13.0 Å². The summed E-state index contributed by atoms with van der Waals surface area (Å²) in [5, 5.41) is 3.44. The summed E-state index contributed by atoms with van der Waals surface area (Å²) in [5.74, 6) is 1.59. The van der Waals surface area contributed by atoms with Crippen molar-refractivity contribution in [1.29, 1.82) is 0 Å². The van der Waals surface area contributed by atoms with E-state index < -0.39 is 0 Å². The summed E-state index contributed by atoms with van der Waals surface area (Å²) in [6.07, 6.45) is 7.19. The number of hydrogen-bond acceptors (Lipinski definition) is 3. The smallest absolute Gasteiger partial charge is 0.257 e. The van der Waals surface area contributed by atoms with E-state index in [1.54, 1.807) is 6.26 Å². The minimum absolute atomic E-state index is 0.170. The van der Waals surface area contributed by atoms with Gasteiger partial charge in [0.25, 0.3) is 5.91 Å². The highest BCUT2D eigenvalue weighted by molar-refractivity contribution is 5.95. The molecular formula is C16H24N2O2. The Bertz CT molecular complexity index is 459. The molecule has 0 bridgehead atoms. The molecule has 2 aliphatic rings. The third kappa shape index (κ3) is 2.90. The Morgan fingerprint density at radius 3 is 2.95 bits per heavy atom. The lowest BCUT2D eigenvalue weighted by Crippen LogP contribution is -2.42. The van der Waals surface area contributed by atoms with Gasteiger partial charge in [0.2, 0.25) is 0 Å². The molecule has 1 N–H and O–H groups in total. The summed E-state index contributed by atoms with van der Waals surface area (Å²) in [4.78, 5) is 14.9. The Morgan fingerprint density at radius 2 is 2.30 bits per heavy atom. The van der Waals surface area contributed by atoms with Crippen LogP contribution in [0.4, 0.5) is 0 Å². The Labute approximate surface area is 120 Å². The summed E-state index contributed by atoms with van der Waals surface area (Å²) in [6, 6.07) is 2.29. The zero-order chi connectivity index (χ0) is 13.9. The fourth-order valence-corrected chi connectivity index (χ4v) is 3.10. The molecule has 110 valence electrons. The lowest BCUT2D eigenvalue weighted by atomic mass is 9.98. The quantitative estimate of drug-likeness (QED) is 0.898. The zero-order valence-corrected chi connectivity index (χ0v) is 12.2. The van der Waals surface area contributed by atoms with Crippen molar-refractivity contribution in [3.63, 3.8) is 0 Å². The van der Waals surface area contributed by atoms with Gasteiger partial charge in [-0.1, -0.05) is 6.92 Å². The van der Waals surface area contributed by atoms with Crippen molar-refractivity contribution in [3.8, 4) is 0 Å². The van der Waals surface area contributed by atoms with Gasteiger partial charge in [0.15, 0.2) is 0 Å². The van der Waals surface area contributed by atoms with Gasteiger partial charge in [0.05, 0.1) is 11.8 Å². The molecule has 1 aliphatic heterocycles. The second-order valence-corrected chi connectivity index (χ2v) is 6.01. The minimum atomic E-state index is 0.170. The van der Waals surface area contributed by atoms with Gasteiger partial charge in [-0.25, -0.2) is 0 Å². The predicted octanol–water partition coefficient (Wildman–Crippen LogP) is 2.45. The van der Waals surface area contributed by atoms with Gasteiger partial charge < -0.3 is 14.6 Å². The number of furan rings is 1. The second-order valence-electron chi connectivity index (χ2n) is 6.01. The van der Waals surface area contributed by atoms with E-state index in [4.69, 9.17) is 4.42 Å². The maximum atomic E-state index is 12.8. The molecule has 0 aromatic carbocycles. The van der Waals surface area contributed by atoms with Gasteiger partial charge in [0.1, 0.15) is 5.76 Å². The highest BCUT2D eigenvalue weighted by atomic mass is 16.3. The number of nitrogens with one attached hydrogen (secondary N) is 1. The minimum Gasteiger partial charge on any atom is -0.469 e. The number of piperidine rings is 1. The summed E-state index contributed by atoms with van der Waals surface area (Å²) in [7, 11) is 0. The van der Waals surface area contributed by atoms with Crippen molar-refractivity contribution in [3.05, 3.63) is 23.7 Å². The predicted molar refractivity (Wildman–Crippen MR) is 77.7 cm³/mol. The van der Waals surface area contributed by atoms with Crippen LogP contribution in [0.3, 0.4) is 0 Å². The van der Waals surface area contributed by atoms with Crippen LogP contribution in [0.5, 0.6) is 0 Å². The molecule has 1 amide bonds. The molecular weight excluding hydrogens is 252 g/mol. The number of carbonyl (C=O) groups is 1. The first-order valence-electron chi connectivity index (χ1n) is 7.87. The van der Waals surface area contributed by atoms with Gasteiger partial charge in [-0.2, -0.15) is 0 Å². The topological polar surface area (TPSA) is 45.5 Å². The van der Waals surface area contributed by atoms with Crippen molar-refractivity contribution in [2.45, 2.75) is 45.1 Å². The molecule has 0 spiro atoms. The number of rotatable bonds is 5. The summed E-state index contributed by atoms with van der Waals surface area (Å²) >= 11 is 0. The third-order valence-corrected chi connectivity index (χ3v) is 4.40.